The minimum atomic E-state index is -0.339. The molecule has 0 radical (unpaired) electrons. The van der Waals surface area contributed by atoms with E-state index in [9.17, 15) is 9.82 Å². The lowest BCUT2D eigenvalue weighted by Gasteiger charge is -2.26. The monoisotopic (exact) mass is 273 g/mol. The Morgan fingerprint density at radius 3 is 2.90 bits per heavy atom. The molecule has 0 saturated carbocycles. The lowest BCUT2D eigenvalue weighted by Crippen LogP contribution is -2.38. The summed E-state index contributed by atoms with van der Waals surface area (Å²) >= 11 is 0. The van der Waals surface area contributed by atoms with Crippen molar-refractivity contribution in [2.45, 2.75) is 32.0 Å². The Balaban J connectivity index is 1.57. The molecule has 0 unspecified atom stereocenters. The molecule has 2 aliphatic heterocycles. The van der Waals surface area contributed by atoms with E-state index in [0.717, 1.165) is 55.4 Å². The molecule has 1 N–H and O–H groups in total. The summed E-state index contributed by atoms with van der Waals surface area (Å²) in [6, 6.07) is 5.71. The van der Waals surface area contributed by atoms with Gasteiger partial charge in [-0.25, -0.2) is 0 Å². The summed E-state index contributed by atoms with van der Waals surface area (Å²) in [6.07, 6.45) is 5.09. The number of carbonyl (C=O) groups is 1. The maximum Gasteiger partial charge on any atom is 0.324 e. The molecule has 1 saturated heterocycles. The van der Waals surface area contributed by atoms with E-state index in [4.69, 9.17) is 4.74 Å². The van der Waals surface area contributed by atoms with Crippen molar-refractivity contribution < 1.29 is 14.6 Å². The SMILES string of the molecule is O=C(COc1ccc2c(c1)CCB2O)N1CCCCC1. The lowest BCUT2D eigenvalue weighted by atomic mass is 9.63. The number of likely N-dealkylation sites (tertiary alicyclic amines) is 1. The standard InChI is InChI=1S/C15H20BNO3/c18-15(17-8-2-1-3-9-17)11-20-13-4-5-14-12(10-13)6-7-16(14)19/h4-5,10,19H,1-3,6-9,11H2. The number of carbonyl (C=O) groups excluding carboxylic acids is 1. The maximum atomic E-state index is 12.0. The molecule has 1 fully saturated rings. The van der Waals surface area contributed by atoms with Gasteiger partial charge in [0.05, 0.1) is 0 Å². The molecule has 0 spiro atoms. The third kappa shape index (κ3) is 2.82. The lowest BCUT2D eigenvalue weighted by molar-refractivity contribution is -0.134. The highest BCUT2D eigenvalue weighted by atomic mass is 16.5. The van der Waals surface area contributed by atoms with Crippen LogP contribution in [0.15, 0.2) is 18.2 Å². The zero-order valence-corrected chi connectivity index (χ0v) is 11.7. The predicted octanol–water partition coefficient (Wildman–Crippen LogP) is 0.825. The third-order valence-corrected chi connectivity index (χ3v) is 4.23. The minimum absolute atomic E-state index is 0.0743. The van der Waals surface area contributed by atoms with Gasteiger partial charge >= 0.3 is 6.92 Å². The number of hydrogen-bond acceptors (Lipinski definition) is 3. The summed E-state index contributed by atoms with van der Waals surface area (Å²) in [4.78, 5) is 13.9. The van der Waals surface area contributed by atoms with E-state index in [0.29, 0.717) is 0 Å². The van der Waals surface area contributed by atoms with Gasteiger partial charge in [0.2, 0.25) is 0 Å². The quantitative estimate of drug-likeness (QED) is 0.830. The fourth-order valence-electron chi connectivity index (χ4n) is 3.04. The van der Waals surface area contributed by atoms with E-state index in [1.54, 1.807) is 0 Å². The number of fused-ring (bicyclic) bond motifs is 1. The number of rotatable bonds is 3. The Labute approximate surface area is 119 Å². The van der Waals surface area contributed by atoms with Crippen LogP contribution in [0.1, 0.15) is 24.8 Å². The van der Waals surface area contributed by atoms with E-state index >= 15 is 0 Å². The molecule has 0 bridgehead atoms. The number of benzene rings is 1. The molecule has 2 heterocycles. The van der Waals surface area contributed by atoms with Gasteiger partial charge in [0.15, 0.2) is 6.61 Å². The Bertz CT molecular complexity index is 500. The van der Waals surface area contributed by atoms with Crippen LogP contribution in [0.3, 0.4) is 0 Å². The Morgan fingerprint density at radius 2 is 2.10 bits per heavy atom. The van der Waals surface area contributed by atoms with Crippen LogP contribution in [0.5, 0.6) is 5.75 Å². The van der Waals surface area contributed by atoms with Gasteiger partial charge in [-0.3, -0.25) is 4.79 Å². The normalized spacial score (nSPS) is 18.1. The van der Waals surface area contributed by atoms with Gasteiger partial charge in [-0.05, 0) is 55.2 Å². The molecule has 0 atom stereocenters. The molecule has 3 rings (SSSR count). The van der Waals surface area contributed by atoms with Crippen molar-refractivity contribution in [3.63, 3.8) is 0 Å². The van der Waals surface area contributed by atoms with Crippen LogP contribution < -0.4 is 10.2 Å². The first-order valence-electron chi connectivity index (χ1n) is 7.45. The molecule has 0 aromatic heterocycles. The Morgan fingerprint density at radius 1 is 1.30 bits per heavy atom. The number of amides is 1. The van der Waals surface area contributed by atoms with Crippen LogP contribution in [0, 0.1) is 0 Å². The summed E-state index contributed by atoms with van der Waals surface area (Å²) in [7, 11) is 0. The highest BCUT2D eigenvalue weighted by molar-refractivity contribution is 6.68. The van der Waals surface area contributed by atoms with E-state index < -0.39 is 0 Å². The molecule has 1 aromatic carbocycles. The van der Waals surface area contributed by atoms with Crippen molar-refractivity contribution in [2.24, 2.45) is 0 Å². The summed E-state index contributed by atoms with van der Waals surface area (Å²) < 4.78 is 5.61. The topological polar surface area (TPSA) is 49.8 Å². The molecular formula is C15H20BNO3. The van der Waals surface area contributed by atoms with Crippen LogP contribution in [0.25, 0.3) is 0 Å². The fourth-order valence-corrected chi connectivity index (χ4v) is 3.04. The van der Waals surface area contributed by atoms with Crippen LogP contribution >= 0.6 is 0 Å². The summed E-state index contributed by atoms with van der Waals surface area (Å²) in [5.74, 6) is 0.799. The van der Waals surface area contributed by atoms with Gasteiger partial charge < -0.3 is 14.7 Å². The summed E-state index contributed by atoms with van der Waals surface area (Å²) in [5.41, 5.74) is 2.14. The van der Waals surface area contributed by atoms with Gasteiger partial charge in [0.1, 0.15) is 5.75 Å². The summed E-state index contributed by atoms with van der Waals surface area (Å²) in [6.45, 7) is 1.49. The molecule has 0 aliphatic carbocycles. The number of nitrogens with zero attached hydrogens (tertiary/aromatic N) is 1. The number of aryl methyl sites for hydroxylation is 1. The molecule has 5 heteroatoms. The first kappa shape index (κ1) is 13.5. The number of ether oxygens (including phenoxy) is 1. The number of hydrogen-bond donors (Lipinski definition) is 1. The largest absolute Gasteiger partial charge is 0.484 e. The van der Waals surface area contributed by atoms with Gasteiger partial charge in [-0.1, -0.05) is 6.07 Å². The second-order valence-electron chi connectivity index (χ2n) is 5.65. The van der Waals surface area contributed by atoms with Gasteiger partial charge in [-0.2, -0.15) is 0 Å². The van der Waals surface area contributed by atoms with Gasteiger partial charge in [-0.15, -0.1) is 0 Å². The van der Waals surface area contributed by atoms with Gasteiger partial charge in [0.25, 0.3) is 5.91 Å². The van der Waals surface area contributed by atoms with E-state index in [1.165, 1.54) is 6.42 Å². The Kier molecular flexibility index (Phi) is 3.96. The van der Waals surface area contributed by atoms with Gasteiger partial charge in [0, 0.05) is 13.1 Å². The zero-order chi connectivity index (χ0) is 13.9. The van der Waals surface area contributed by atoms with Crippen LogP contribution in [0.4, 0.5) is 0 Å². The van der Waals surface area contributed by atoms with Crippen molar-refractivity contribution in [2.75, 3.05) is 19.7 Å². The first-order valence-corrected chi connectivity index (χ1v) is 7.45. The minimum Gasteiger partial charge on any atom is -0.484 e. The highest BCUT2D eigenvalue weighted by Gasteiger charge is 2.25. The van der Waals surface area contributed by atoms with Crippen molar-refractivity contribution in [1.82, 2.24) is 4.90 Å². The molecule has 1 amide bonds. The van der Waals surface area contributed by atoms with Crippen molar-refractivity contribution >= 4 is 18.3 Å². The molecule has 106 valence electrons. The van der Waals surface area contributed by atoms with Crippen LogP contribution in [0.2, 0.25) is 6.32 Å². The zero-order valence-electron chi connectivity index (χ0n) is 11.7. The molecule has 2 aliphatic rings. The average Bonchev–Trinajstić information content (AvgIpc) is 2.87. The molecule has 20 heavy (non-hydrogen) atoms. The third-order valence-electron chi connectivity index (χ3n) is 4.23. The molecular weight excluding hydrogens is 253 g/mol. The van der Waals surface area contributed by atoms with E-state index in [2.05, 4.69) is 0 Å². The second-order valence-corrected chi connectivity index (χ2v) is 5.65. The van der Waals surface area contributed by atoms with Crippen LogP contribution in [-0.2, 0) is 11.2 Å². The first-order chi connectivity index (χ1) is 9.74. The molecule has 4 nitrogen and oxygen atoms in total. The smallest absolute Gasteiger partial charge is 0.324 e. The molecule has 1 aromatic rings. The van der Waals surface area contributed by atoms with Crippen molar-refractivity contribution in [1.29, 1.82) is 0 Å². The van der Waals surface area contributed by atoms with Crippen LogP contribution in [-0.4, -0.2) is 42.4 Å². The average molecular weight is 273 g/mol. The van der Waals surface area contributed by atoms with Crippen molar-refractivity contribution in [3.05, 3.63) is 23.8 Å². The summed E-state index contributed by atoms with van der Waals surface area (Å²) in [5, 5.41) is 9.76. The van der Waals surface area contributed by atoms with E-state index in [1.807, 2.05) is 23.1 Å². The number of piperidine rings is 1. The second kappa shape index (κ2) is 5.88. The van der Waals surface area contributed by atoms with E-state index in [-0.39, 0.29) is 19.4 Å². The predicted molar refractivity (Wildman–Crippen MR) is 78.5 cm³/mol. The maximum absolute atomic E-state index is 12.0. The highest BCUT2D eigenvalue weighted by Crippen LogP contribution is 2.19. The Hall–Kier alpha value is -1.49. The fraction of sp³-hybridized carbons (Fsp3) is 0.533. The van der Waals surface area contributed by atoms with Crippen molar-refractivity contribution in [3.8, 4) is 5.75 Å².